The van der Waals surface area contributed by atoms with E-state index in [0.717, 1.165) is 36.6 Å². The molecule has 0 bridgehead atoms. The minimum absolute atomic E-state index is 0.104. The van der Waals surface area contributed by atoms with Crippen molar-refractivity contribution in [3.63, 3.8) is 0 Å². The average Bonchev–Trinajstić information content (AvgIpc) is 3.17. The van der Waals surface area contributed by atoms with Crippen molar-refractivity contribution >= 4 is 17.2 Å². The lowest BCUT2D eigenvalue weighted by Crippen LogP contribution is -2.32. The van der Waals surface area contributed by atoms with Gasteiger partial charge in [0.05, 0.1) is 12.1 Å². The van der Waals surface area contributed by atoms with Crippen LogP contribution in [0.5, 0.6) is 0 Å². The highest BCUT2D eigenvalue weighted by Crippen LogP contribution is 2.19. The first kappa shape index (κ1) is 15.2. The molecular formula is C15H21N5OS. The fourth-order valence-corrected chi connectivity index (χ4v) is 3.43. The Hall–Kier alpha value is -1.73. The largest absolute Gasteiger partial charge is 0.342 e. The van der Waals surface area contributed by atoms with Gasteiger partial charge in [-0.1, -0.05) is 0 Å². The highest BCUT2D eigenvalue weighted by molar-refractivity contribution is 7.09. The third kappa shape index (κ3) is 3.36. The number of amides is 1. The summed E-state index contributed by atoms with van der Waals surface area (Å²) in [5.74, 6) is -0.150. The van der Waals surface area contributed by atoms with Gasteiger partial charge in [-0.25, -0.2) is 4.98 Å². The molecule has 1 aliphatic heterocycles. The molecule has 1 amide bonds. The van der Waals surface area contributed by atoms with E-state index in [4.69, 9.17) is 0 Å². The molecule has 118 valence electrons. The third-order valence-corrected chi connectivity index (χ3v) is 4.99. The molecular weight excluding hydrogens is 298 g/mol. The SMILES string of the molecule is Cc1csc(C(C)NC(=O)c2ccn(C3CCCNC3)n2)n1. The van der Waals surface area contributed by atoms with Crippen LogP contribution in [-0.2, 0) is 0 Å². The number of hydrogen-bond donors (Lipinski definition) is 2. The second kappa shape index (κ2) is 6.58. The standard InChI is InChI=1S/C15H21N5OS/c1-10-9-22-15(17-10)11(2)18-14(21)13-5-7-20(19-13)12-4-3-6-16-8-12/h5,7,9,11-12,16H,3-4,6,8H2,1-2H3,(H,18,21). The van der Waals surface area contributed by atoms with E-state index in [0.29, 0.717) is 11.7 Å². The highest BCUT2D eigenvalue weighted by atomic mass is 32.1. The number of rotatable bonds is 4. The van der Waals surface area contributed by atoms with Crippen LogP contribution in [0.2, 0.25) is 0 Å². The van der Waals surface area contributed by atoms with E-state index in [1.807, 2.05) is 30.1 Å². The first-order chi connectivity index (χ1) is 10.6. The number of carbonyl (C=O) groups is 1. The van der Waals surface area contributed by atoms with Crippen LogP contribution in [0.1, 0.15) is 53.0 Å². The molecule has 3 heterocycles. The van der Waals surface area contributed by atoms with Gasteiger partial charge >= 0.3 is 0 Å². The number of thiazole rings is 1. The number of piperidine rings is 1. The fourth-order valence-electron chi connectivity index (χ4n) is 2.63. The molecule has 0 radical (unpaired) electrons. The lowest BCUT2D eigenvalue weighted by atomic mass is 10.1. The third-order valence-electron chi connectivity index (χ3n) is 3.84. The predicted octanol–water partition coefficient (Wildman–Crippen LogP) is 2.06. The van der Waals surface area contributed by atoms with E-state index < -0.39 is 0 Å². The van der Waals surface area contributed by atoms with E-state index in [9.17, 15) is 4.79 Å². The zero-order valence-electron chi connectivity index (χ0n) is 12.9. The molecule has 2 unspecified atom stereocenters. The molecule has 1 saturated heterocycles. The van der Waals surface area contributed by atoms with Gasteiger partial charge in [0.25, 0.3) is 5.91 Å². The van der Waals surface area contributed by atoms with Gasteiger partial charge in [0.2, 0.25) is 0 Å². The van der Waals surface area contributed by atoms with Gasteiger partial charge in [-0.3, -0.25) is 9.48 Å². The molecule has 1 fully saturated rings. The van der Waals surface area contributed by atoms with Gasteiger partial charge in [-0.05, 0) is 39.3 Å². The van der Waals surface area contributed by atoms with Gasteiger partial charge in [0.1, 0.15) is 10.7 Å². The number of aryl methyl sites for hydroxylation is 1. The summed E-state index contributed by atoms with van der Waals surface area (Å²) in [4.78, 5) is 16.7. The molecule has 0 saturated carbocycles. The molecule has 2 N–H and O–H groups in total. The smallest absolute Gasteiger partial charge is 0.272 e. The number of carbonyl (C=O) groups excluding carboxylic acids is 1. The Morgan fingerprint density at radius 2 is 2.45 bits per heavy atom. The zero-order chi connectivity index (χ0) is 15.5. The van der Waals surface area contributed by atoms with Crippen LogP contribution in [0, 0.1) is 6.92 Å². The Morgan fingerprint density at radius 3 is 3.14 bits per heavy atom. The van der Waals surface area contributed by atoms with E-state index in [1.54, 1.807) is 17.4 Å². The maximum absolute atomic E-state index is 12.3. The zero-order valence-corrected chi connectivity index (χ0v) is 13.7. The number of nitrogens with zero attached hydrogens (tertiary/aromatic N) is 3. The van der Waals surface area contributed by atoms with Crippen molar-refractivity contribution in [2.75, 3.05) is 13.1 Å². The van der Waals surface area contributed by atoms with Gasteiger partial charge in [0.15, 0.2) is 0 Å². The highest BCUT2D eigenvalue weighted by Gasteiger charge is 2.19. The molecule has 6 nitrogen and oxygen atoms in total. The van der Waals surface area contributed by atoms with Gasteiger partial charge < -0.3 is 10.6 Å². The van der Waals surface area contributed by atoms with Gasteiger partial charge in [0, 0.05) is 23.8 Å². The predicted molar refractivity (Wildman–Crippen MR) is 86.1 cm³/mol. The number of nitrogens with one attached hydrogen (secondary N) is 2. The first-order valence-electron chi connectivity index (χ1n) is 7.62. The fraction of sp³-hybridized carbons (Fsp3) is 0.533. The van der Waals surface area contributed by atoms with Crippen molar-refractivity contribution in [3.05, 3.63) is 34.0 Å². The van der Waals surface area contributed by atoms with Crippen LogP contribution in [-0.4, -0.2) is 33.8 Å². The summed E-state index contributed by atoms with van der Waals surface area (Å²) in [7, 11) is 0. The van der Waals surface area contributed by atoms with Crippen molar-refractivity contribution < 1.29 is 4.79 Å². The maximum Gasteiger partial charge on any atom is 0.272 e. The molecule has 2 aromatic rings. The minimum Gasteiger partial charge on any atom is -0.342 e. The molecule has 7 heteroatoms. The molecule has 22 heavy (non-hydrogen) atoms. The summed E-state index contributed by atoms with van der Waals surface area (Å²) in [5.41, 5.74) is 1.45. The summed E-state index contributed by atoms with van der Waals surface area (Å²) in [5, 5.41) is 13.7. The van der Waals surface area contributed by atoms with Crippen LogP contribution in [0.3, 0.4) is 0 Å². The average molecular weight is 319 g/mol. The number of hydrogen-bond acceptors (Lipinski definition) is 5. The summed E-state index contributed by atoms with van der Waals surface area (Å²) < 4.78 is 1.90. The van der Waals surface area contributed by atoms with Crippen LogP contribution >= 0.6 is 11.3 Å². The Balaban J connectivity index is 1.63. The topological polar surface area (TPSA) is 71.8 Å². The number of aromatic nitrogens is 3. The maximum atomic E-state index is 12.3. The molecule has 0 spiro atoms. The molecule has 0 aliphatic carbocycles. The lowest BCUT2D eigenvalue weighted by molar-refractivity contribution is 0.0933. The van der Waals surface area contributed by atoms with Crippen LogP contribution in [0.15, 0.2) is 17.6 Å². The summed E-state index contributed by atoms with van der Waals surface area (Å²) in [6.07, 6.45) is 4.14. The van der Waals surface area contributed by atoms with Crippen molar-refractivity contribution in [1.82, 2.24) is 25.4 Å². The van der Waals surface area contributed by atoms with Crippen LogP contribution in [0.25, 0.3) is 0 Å². The monoisotopic (exact) mass is 319 g/mol. The second-order valence-electron chi connectivity index (χ2n) is 5.70. The lowest BCUT2D eigenvalue weighted by Gasteiger charge is -2.22. The summed E-state index contributed by atoms with van der Waals surface area (Å²) in [6.45, 7) is 5.88. The van der Waals surface area contributed by atoms with Gasteiger partial charge in [-0.15, -0.1) is 11.3 Å². The normalized spacial score (nSPS) is 19.8. The van der Waals surface area contributed by atoms with E-state index in [1.165, 1.54) is 0 Å². The Bertz CT molecular complexity index is 644. The molecule has 1 aliphatic rings. The first-order valence-corrected chi connectivity index (χ1v) is 8.50. The molecule has 2 aromatic heterocycles. The van der Waals surface area contributed by atoms with Crippen molar-refractivity contribution in [2.24, 2.45) is 0 Å². The Labute approximate surface area is 133 Å². The van der Waals surface area contributed by atoms with Crippen molar-refractivity contribution in [1.29, 1.82) is 0 Å². The quantitative estimate of drug-likeness (QED) is 0.905. The Morgan fingerprint density at radius 1 is 1.59 bits per heavy atom. The molecule has 0 aromatic carbocycles. The summed E-state index contributed by atoms with van der Waals surface area (Å²) >= 11 is 1.56. The van der Waals surface area contributed by atoms with E-state index >= 15 is 0 Å². The van der Waals surface area contributed by atoms with Gasteiger partial charge in [-0.2, -0.15) is 5.10 Å². The summed E-state index contributed by atoms with van der Waals surface area (Å²) in [6, 6.07) is 2.02. The Kier molecular flexibility index (Phi) is 4.54. The van der Waals surface area contributed by atoms with Crippen LogP contribution in [0.4, 0.5) is 0 Å². The molecule has 2 atom stereocenters. The van der Waals surface area contributed by atoms with Crippen LogP contribution < -0.4 is 10.6 Å². The second-order valence-corrected chi connectivity index (χ2v) is 6.59. The van der Waals surface area contributed by atoms with Crippen molar-refractivity contribution in [3.8, 4) is 0 Å². The van der Waals surface area contributed by atoms with E-state index in [2.05, 4.69) is 20.7 Å². The molecule has 3 rings (SSSR count). The van der Waals surface area contributed by atoms with Crippen molar-refractivity contribution in [2.45, 2.75) is 38.8 Å². The van der Waals surface area contributed by atoms with E-state index in [-0.39, 0.29) is 11.9 Å². The minimum atomic E-state index is -0.150.